The van der Waals surface area contributed by atoms with Crippen molar-refractivity contribution in [3.63, 3.8) is 0 Å². The monoisotopic (exact) mass is 268 g/mol. The summed E-state index contributed by atoms with van der Waals surface area (Å²) in [6, 6.07) is 6.29. The summed E-state index contributed by atoms with van der Waals surface area (Å²) < 4.78 is 20.8. The van der Waals surface area contributed by atoms with Gasteiger partial charge in [-0.05, 0) is 17.7 Å². The Hall–Kier alpha value is -0.290. The van der Waals surface area contributed by atoms with E-state index in [9.17, 15) is 13.5 Å². The van der Waals surface area contributed by atoms with E-state index in [4.69, 9.17) is 23.2 Å². The number of aliphatic hydroxyl groups excluding tert-OH is 1. The highest BCUT2D eigenvalue weighted by atomic mass is 35.5. The summed E-state index contributed by atoms with van der Waals surface area (Å²) >= 11 is 11.3. The van der Waals surface area contributed by atoms with Crippen molar-refractivity contribution in [2.45, 2.75) is 10.8 Å². The molecule has 84 valence electrons. The van der Waals surface area contributed by atoms with Crippen LogP contribution in [0.15, 0.2) is 24.3 Å². The van der Waals surface area contributed by atoms with Crippen molar-refractivity contribution in [2.24, 2.45) is 0 Å². The molecule has 0 saturated carbocycles. The van der Waals surface area contributed by atoms with Gasteiger partial charge in [-0.15, -0.1) is 11.6 Å². The molecule has 6 heteroatoms. The molecule has 0 heterocycles. The molecule has 0 aromatic heterocycles. The quantitative estimate of drug-likeness (QED) is 0.854. The summed E-state index contributed by atoms with van der Waals surface area (Å²) in [6.45, 7) is 0. The smallest absolute Gasteiger partial charge is 0.167 e. The molecule has 0 saturated heterocycles. The van der Waals surface area contributed by atoms with Crippen LogP contribution in [0, 0.1) is 0 Å². The predicted molar refractivity (Wildman–Crippen MR) is 60.9 cm³/mol. The number of alkyl halides is 1. The molecule has 1 N–H and O–H groups in total. The molecule has 1 aromatic rings. The molecule has 0 aliphatic carbocycles. The fourth-order valence-corrected chi connectivity index (χ4v) is 2.05. The first kappa shape index (κ1) is 12.8. The summed E-state index contributed by atoms with van der Waals surface area (Å²) in [5.41, 5.74) is 0.382. The molecule has 0 amide bonds. The number of hydrogen-bond donors (Lipinski definition) is 1. The van der Waals surface area contributed by atoms with E-state index in [1.807, 2.05) is 0 Å². The van der Waals surface area contributed by atoms with E-state index in [1.165, 1.54) is 6.07 Å². The number of hydrogen-bond acceptors (Lipinski definition) is 3. The Labute approximate surface area is 98.6 Å². The molecular weight excluding hydrogens is 259 g/mol. The van der Waals surface area contributed by atoms with Crippen molar-refractivity contribution < 1.29 is 13.5 Å². The maximum Gasteiger partial charge on any atom is 0.167 e. The maximum atomic E-state index is 11.1. The second kappa shape index (κ2) is 4.70. The van der Waals surface area contributed by atoms with Crippen LogP contribution in [-0.4, -0.2) is 24.5 Å². The van der Waals surface area contributed by atoms with Crippen LogP contribution in [0.2, 0.25) is 5.02 Å². The van der Waals surface area contributed by atoms with Gasteiger partial charge in [0.15, 0.2) is 14.5 Å². The first-order chi connectivity index (χ1) is 6.82. The van der Waals surface area contributed by atoms with E-state index >= 15 is 0 Å². The van der Waals surface area contributed by atoms with Gasteiger partial charge >= 0.3 is 0 Å². The van der Waals surface area contributed by atoms with Gasteiger partial charge in [0, 0.05) is 11.3 Å². The highest BCUT2D eigenvalue weighted by molar-refractivity contribution is 7.92. The molecule has 0 radical (unpaired) electrons. The molecule has 1 aromatic carbocycles. The Balaban J connectivity index is 3.00. The lowest BCUT2D eigenvalue weighted by Crippen LogP contribution is -2.21. The normalized spacial score (nSPS) is 16.0. The van der Waals surface area contributed by atoms with E-state index in [2.05, 4.69) is 0 Å². The average Bonchev–Trinajstić information content (AvgIpc) is 2.14. The minimum atomic E-state index is -3.49. The SMILES string of the molecule is CS(=O)(=O)[C@H](Cl)[C@H](O)c1cccc(Cl)c1. The van der Waals surface area contributed by atoms with Crippen molar-refractivity contribution in [1.82, 2.24) is 0 Å². The van der Waals surface area contributed by atoms with Gasteiger partial charge in [0.25, 0.3) is 0 Å². The second-order valence-electron chi connectivity index (χ2n) is 3.18. The number of halogens is 2. The number of rotatable bonds is 3. The fraction of sp³-hybridized carbons (Fsp3) is 0.333. The summed E-state index contributed by atoms with van der Waals surface area (Å²) in [4.78, 5) is 0. The topological polar surface area (TPSA) is 54.4 Å². The van der Waals surface area contributed by atoms with Crippen LogP contribution in [-0.2, 0) is 9.84 Å². The summed E-state index contributed by atoms with van der Waals surface area (Å²) in [6.07, 6.45) is -0.307. The predicted octanol–water partition coefficient (Wildman–Crippen LogP) is 1.98. The van der Waals surface area contributed by atoms with Gasteiger partial charge in [0.05, 0.1) is 0 Å². The van der Waals surface area contributed by atoms with E-state index in [0.29, 0.717) is 10.6 Å². The molecule has 3 nitrogen and oxygen atoms in total. The first-order valence-electron chi connectivity index (χ1n) is 4.09. The Morgan fingerprint density at radius 3 is 2.47 bits per heavy atom. The van der Waals surface area contributed by atoms with Gasteiger partial charge in [0.1, 0.15) is 6.10 Å². The lowest BCUT2D eigenvalue weighted by Gasteiger charge is -2.15. The van der Waals surface area contributed by atoms with E-state index in [-0.39, 0.29) is 0 Å². The van der Waals surface area contributed by atoms with Gasteiger partial charge in [-0.1, -0.05) is 23.7 Å². The Bertz CT molecular complexity index is 444. The zero-order chi connectivity index (χ0) is 11.6. The van der Waals surface area contributed by atoms with Gasteiger partial charge in [-0.3, -0.25) is 0 Å². The van der Waals surface area contributed by atoms with Crippen molar-refractivity contribution in [3.8, 4) is 0 Å². The lowest BCUT2D eigenvalue weighted by atomic mass is 10.1. The van der Waals surface area contributed by atoms with E-state index in [0.717, 1.165) is 6.26 Å². The summed E-state index contributed by atoms with van der Waals surface area (Å²) in [5.74, 6) is 0. The number of sulfone groups is 1. The largest absolute Gasteiger partial charge is 0.386 e. The molecule has 0 spiro atoms. The molecule has 1 rings (SSSR count). The number of aliphatic hydroxyl groups is 1. The zero-order valence-corrected chi connectivity index (χ0v) is 10.2. The average molecular weight is 269 g/mol. The van der Waals surface area contributed by atoms with Crippen molar-refractivity contribution in [2.75, 3.05) is 6.26 Å². The van der Waals surface area contributed by atoms with Crippen molar-refractivity contribution in [3.05, 3.63) is 34.9 Å². The molecule has 2 atom stereocenters. The third kappa shape index (κ3) is 3.34. The summed E-state index contributed by atoms with van der Waals surface area (Å²) in [5, 5.41) is 10.1. The third-order valence-electron chi connectivity index (χ3n) is 1.85. The third-order valence-corrected chi connectivity index (χ3v) is 4.37. The minimum absolute atomic E-state index is 0.382. The van der Waals surface area contributed by atoms with Gasteiger partial charge in [0.2, 0.25) is 0 Å². The number of benzene rings is 1. The molecule has 0 bridgehead atoms. The highest BCUT2D eigenvalue weighted by Gasteiger charge is 2.27. The van der Waals surface area contributed by atoms with Crippen LogP contribution in [0.5, 0.6) is 0 Å². The van der Waals surface area contributed by atoms with Gasteiger partial charge in [-0.2, -0.15) is 0 Å². The molecule has 0 unspecified atom stereocenters. The minimum Gasteiger partial charge on any atom is -0.386 e. The molecule has 0 fully saturated rings. The van der Waals surface area contributed by atoms with Crippen LogP contribution < -0.4 is 0 Å². The molecule has 15 heavy (non-hydrogen) atoms. The Kier molecular flexibility index (Phi) is 4.00. The van der Waals surface area contributed by atoms with Crippen LogP contribution in [0.1, 0.15) is 11.7 Å². The van der Waals surface area contributed by atoms with Crippen LogP contribution >= 0.6 is 23.2 Å². The van der Waals surface area contributed by atoms with Crippen LogP contribution in [0.3, 0.4) is 0 Å². The van der Waals surface area contributed by atoms with Crippen LogP contribution in [0.4, 0.5) is 0 Å². The summed E-state index contributed by atoms with van der Waals surface area (Å²) in [7, 11) is -3.49. The van der Waals surface area contributed by atoms with Crippen molar-refractivity contribution >= 4 is 33.0 Å². The van der Waals surface area contributed by atoms with E-state index < -0.39 is 20.7 Å². The van der Waals surface area contributed by atoms with Crippen LogP contribution in [0.25, 0.3) is 0 Å². The van der Waals surface area contributed by atoms with Crippen molar-refractivity contribution in [1.29, 1.82) is 0 Å². The Morgan fingerprint density at radius 1 is 1.40 bits per heavy atom. The van der Waals surface area contributed by atoms with Gasteiger partial charge < -0.3 is 5.11 Å². The zero-order valence-electron chi connectivity index (χ0n) is 7.89. The maximum absolute atomic E-state index is 11.1. The fourth-order valence-electron chi connectivity index (χ4n) is 1.08. The second-order valence-corrected chi connectivity index (χ2v) is 6.51. The first-order valence-corrected chi connectivity index (χ1v) is 6.86. The van der Waals surface area contributed by atoms with E-state index in [1.54, 1.807) is 18.2 Å². The Morgan fingerprint density at radius 2 is 2.00 bits per heavy atom. The van der Waals surface area contributed by atoms with Gasteiger partial charge in [-0.25, -0.2) is 8.42 Å². The molecule has 0 aliphatic heterocycles. The molecule has 0 aliphatic rings. The molecular formula is C9H10Cl2O3S. The standard InChI is InChI=1S/C9H10Cl2O3S/c1-15(13,14)9(11)8(12)6-3-2-4-7(10)5-6/h2-5,8-9,12H,1H3/t8-,9+/m1/s1. The lowest BCUT2D eigenvalue weighted by molar-refractivity contribution is 0.192. The highest BCUT2D eigenvalue weighted by Crippen LogP contribution is 2.26.